The standard InChI is InChI=1S/C28H25ClFN5O4/c1-38-15-24-32-12-16(25(31)33-24)13-35-14-21(19-4-2-17(29)10-23(19)35)26(36)34-8-6-28(7-9-34)22-5-3-18(30)11-20(22)27(37)39-28/h2-5,10-12,14H,6-9,13,15H2,1H3,(H2,31,32,33). The minimum atomic E-state index is -0.842. The first-order chi connectivity index (χ1) is 18.8. The molecule has 9 nitrogen and oxygen atoms in total. The second kappa shape index (κ2) is 9.62. The van der Waals surface area contributed by atoms with Gasteiger partial charge in [0.1, 0.15) is 23.8 Å². The average molecular weight is 550 g/mol. The first-order valence-corrected chi connectivity index (χ1v) is 12.9. The smallest absolute Gasteiger partial charge is 0.339 e. The van der Waals surface area contributed by atoms with Gasteiger partial charge in [0.2, 0.25) is 0 Å². The molecule has 0 bridgehead atoms. The van der Waals surface area contributed by atoms with Gasteiger partial charge in [0, 0.05) is 67.0 Å². The second-order valence-electron chi connectivity index (χ2n) is 9.83. The van der Waals surface area contributed by atoms with Gasteiger partial charge in [0.05, 0.1) is 23.2 Å². The number of ether oxygens (including phenoxy) is 2. The maximum Gasteiger partial charge on any atom is 0.339 e. The number of methoxy groups -OCH3 is 1. The third kappa shape index (κ3) is 4.39. The third-order valence-corrected chi connectivity index (χ3v) is 7.71. The molecule has 2 N–H and O–H groups in total. The molecule has 1 amide bonds. The van der Waals surface area contributed by atoms with Crippen molar-refractivity contribution in [1.29, 1.82) is 0 Å². The molecule has 4 aromatic rings. The van der Waals surface area contributed by atoms with Gasteiger partial charge < -0.3 is 24.7 Å². The van der Waals surface area contributed by atoms with Gasteiger partial charge in [0.15, 0.2) is 5.82 Å². The molecule has 0 aliphatic carbocycles. The van der Waals surface area contributed by atoms with Gasteiger partial charge in [-0.05, 0) is 24.3 Å². The van der Waals surface area contributed by atoms with Crippen LogP contribution >= 0.6 is 11.6 Å². The maximum atomic E-state index is 13.8. The average Bonchev–Trinajstić information content (AvgIpc) is 3.40. The summed E-state index contributed by atoms with van der Waals surface area (Å²) < 4.78 is 26.5. The van der Waals surface area contributed by atoms with Crippen LogP contribution in [-0.4, -0.2) is 51.5 Å². The Morgan fingerprint density at radius 3 is 2.77 bits per heavy atom. The molecular formula is C28H25ClFN5O4. The van der Waals surface area contributed by atoms with Crippen LogP contribution in [0.15, 0.2) is 48.8 Å². The number of anilines is 1. The predicted molar refractivity (Wildman–Crippen MR) is 142 cm³/mol. The molecule has 2 aliphatic heterocycles. The Labute approximate surface area is 228 Å². The Bertz CT molecular complexity index is 1630. The number of amides is 1. The highest BCUT2D eigenvalue weighted by molar-refractivity contribution is 6.31. The lowest BCUT2D eigenvalue weighted by atomic mass is 9.83. The molecule has 2 aromatic carbocycles. The number of nitrogen functional groups attached to an aromatic ring is 1. The molecule has 4 heterocycles. The van der Waals surface area contributed by atoms with Gasteiger partial charge in [0.25, 0.3) is 5.91 Å². The van der Waals surface area contributed by atoms with Crippen LogP contribution in [0.3, 0.4) is 0 Å². The number of benzene rings is 2. The summed E-state index contributed by atoms with van der Waals surface area (Å²) in [5.74, 6) is -0.326. The van der Waals surface area contributed by atoms with Crippen molar-refractivity contribution >= 4 is 40.2 Å². The van der Waals surface area contributed by atoms with Crippen molar-refractivity contribution in [2.24, 2.45) is 0 Å². The van der Waals surface area contributed by atoms with E-state index < -0.39 is 17.4 Å². The third-order valence-electron chi connectivity index (χ3n) is 7.48. The fraction of sp³-hybridized carbons (Fsp3) is 0.286. The minimum absolute atomic E-state index is 0.140. The van der Waals surface area contributed by atoms with Crippen LogP contribution < -0.4 is 5.73 Å². The monoisotopic (exact) mass is 549 g/mol. The van der Waals surface area contributed by atoms with E-state index in [0.717, 1.165) is 10.9 Å². The van der Waals surface area contributed by atoms with Crippen LogP contribution in [0.25, 0.3) is 10.9 Å². The molecule has 1 fully saturated rings. The van der Waals surface area contributed by atoms with Crippen molar-refractivity contribution in [2.75, 3.05) is 25.9 Å². The number of rotatable bonds is 5. The molecular weight excluding hydrogens is 525 g/mol. The molecule has 0 atom stereocenters. The van der Waals surface area contributed by atoms with E-state index >= 15 is 0 Å². The van der Waals surface area contributed by atoms with Crippen molar-refractivity contribution in [3.05, 3.63) is 87.7 Å². The van der Waals surface area contributed by atoms with E-state index in [1.807, 2.05) is 16.7 Å². The van der Waals surface area contributed by atoms with Crippen LogP contribution in [0, 0.1) is 5.82 Å². The van der Waals surface area contributed by atoms with Crippen LogP contribution in [0.4, 0.5) is 10.2 Å². The molecule has 2 aliphatic rings. The Morgan fingerprint density at radius 2 is 2.03 bits per heavy atom. The summed E-state index contributed by atoms with van der Waals surface area (Å²) in [5, 5.41) is 1.30. The van der Waals surface area contributed by atoms with Gasteiger partial charge in [-0.1, -0.05) is 23.7 Å². The largest absolute Gasteiger partial charge is 0.450 e. The van der Waals surface area contributed by atoms with E-state index in [1.54, 1.807) is 36.5 Å². The fourth-order valence-corrected chi connectivity index (χ4v) is 5.68. The normalized spacial score (nSPS) is 16.1. The Hall–Kier alpha value is -4.02. The number of esters is 1. The molecule has 39 heavy (non-hydrogen) atoms. The van der Waals surface area contributed by atoms with Crippen molar-refractivity contribution in [3.8, 4) is 0 Å². The molecule has 11 heteroatoms. The molecule has 0 saturated carbocycles. The lowest BCUT2D eigenvalue weighted by Gasteiger charge is -2.38. The van der Waals surface area contributed by atoms with Gasteiger partial charge >= 0.3 is 5.97 Å². The number of carbonyl (C=O) groups is 2. The van der Waals surface area contributed by atoms with Crippen LogP contribution in [-0.2, 0) is 28.2 Å². The van der Waals surface area contributed by atoms with Gasteiger partial charge in [-0.25, -0.2) is 19.2 Å². The summed E-state index contributed by atoms with van der Waals surface area (Å²) in [4.78, 5) is 36.6. The first-order valence-electron chi connectivity index (χ1n) is 12.5. The summed E-state index contributed by atoms with van der Waals surface area (Å²) in [7, 11) is 1.56. The van der Waals surface area contributed by atoms with Crippen LogP contribution in [0.5, 0.6) is 0 Å². The maximum absolute atomic E-state index is 13.8. The first kappa shape index (κ1) is 25.3. The minimum Gasteiger partial charge on any atom is -0.450 e. The highest BCUT2D eigenvalue weighted by Gasteiger charge is 2.48. The predicted octanol–water partition coefficient (Wildman–Crippen LogP) is 4.30. The summed E-state index contributed by atoms with van der Waals surface area (Å²) in [6.45, 7) is 1.36. The lowest BCUT2D eigenvalue weighted by Crippen LogP contribution is -2.45. The lowest BCUT2D eigenvalue weighted by molar-refractivity contribution is -0.0389. The Kier molecular flexibility index (Phi) is 6.23. The van der Waals surface area contributed by atoms with E-state index in [1.165, 1.54) is 12.1 Å². The summed E-state index contributed by atoms with van der Waals surface area (Å²) >= 11 is 6.31. The number of hydrogen-bond acceptors (Lipinski definition) is 7. The summed E-state index contributed by atoms with van der Waals surface area (Å²) in [5.41, 5.74) is 8.29. The van der Waals surface area contributed by atoms with E-state index in [0.29, 0.717) is 65.8 Å². The highest BCUT2D eigenvalue weighted by Crippen LogP contribution is 2.44. The number of hydrogen-bond donors (Lipinski definition) is 1. The van der Waals surface area contributed by atoms with E-state index in [9.17, 15) is 14.0 Å². The van der Waals surface area contributed by atoms with Gasteiger partial charge in [-0.2, -0.15) is 0 Å². The van der Waals surface area contributed by atoms with Crippen molar-refractivity contribution in [3.63, 3.8) is 0 Å². The number of piperidine rings is 1. The van der Waals surface area contributed by atoms with E-state index in [2.05, 4.69) is 9.97 Å². The quantitative estimate of drug-likeness (QED) is 0.369. The molecule has 1 saturated heterocycles. The van der Waals surface area contributed by atoms with Gasteiger partial charge in [-0.15, -0.1) is 0 Å². The number of nitrogens with two attached hydrogens (primary N) is 1. The zero-order valence-electron chi connectivity index (χ0n) is 21.1. The molecule has 200 valence electrons. The second-order valence-corrected chi connectivity index (χ2v) is 10.3. The van der Waals surface area contributed by atoms with E-state index in [-0.39, 0.29) is 18.1 Å². The molecule has 0 radical (unpaired) electrons. The number of halogens is 2. The number of carbonyl (C=O) groups excluding carboxylic acids is 2. The van der Waals surface area contributed by atoms with Gasteiger partial charge in [-0.3, -0.25) is 4.79 Å². The SMILES string of the molecule is COCc1ncc(Cn2cc(C(=O)N3CCC4(CC3)OC(=O)c3cc(F)ccc34)c3ccc(Cl)cc32)c(N)n1. The molecule has 6 rings (SSSR count). The van der Waals surface area contributed by atoms with Crippen molar-refractivity contribution in [2.45, 2.75) is 31.6 Å². The molecule has 0 unspecified atom stereocenters. The van der Waals surface area contributed by atoms with Crippen LogP contribution in [0.1, 0.15) is 50.5 Å². The Morgan fingerprint density at radius 1 is 1.23 bits per heavy atom. The summed E-state index contributed by atoms with van der Waals surface area (Å²) in [6, 6.07) is 9.56. The Balaban J connectivity index is 1.27. The topological polar surface area (TPSA) is 113 Å². The highest BCUT2D eigenvalue weighted by atomic mass is 35.5. The molecule has 2 aromatic heterocycles. The van der Waals surface area contributed by atoms with Crippen molar-refractivity contribution < 1.29 is 23.5 Å². The number of fused-ring (bicyclic) bond motifs is 3. The summed E-state index contributed by atoms with van der Waals surface area (Å²) in [6.07, 6.45) is 4.31. The zero-order valence-corrected chi connectivity index (χ0v) is 21.9. The number of aromatic nitrogens is 3. The number of nitrogens with zero attached hydrogens (tertiary/aromatic N) is 4. The zero-order chi connectivity index (χ0) is 27.3. The molecule has 1 spiro atoms. The van der Waals surface area contributed by atoms with Crippen molar-refractivity contribution in [1.82, 2.24) is 19.4 Å². The number of likely N-dealkylation sites (tertiary alicyclic amines) is 1. The fourth-order valence-electron chi connectivity index (χ4n) is 5.51. The van der Waals surface area contributed by atoms with E-state index in [4.69, 9.17) is 26.8 Å². The van der Waals surface area contributed by atoms with Crippen LogP contribution in [0.2, 0.25) is 5.02 Å².